The van der Waals surface area contributed by atoms with Gasteiger partial charge in [-0.2, -0.15) is 0 Å². The second-order valence-electron chi connectivity index (χ2n) is 3.38. The van der Waals surface area contributed by atoms with Crippen molar-refractivity contribution < 1.29 is 24.2 Å². The van der Waals surface area contributed by atoms with Gasteiger partial charge < -0.3 is 10.2 Å². The number of carboxylic acids is 1. The Morgan fingerprint density at radius 2 is 2.08 bits per heavy atom. The summed E-state index contributed by atoms with van der Waals surface area (Å²) in [6.07, 6.45) is -1.68. The van der Waals surface area contributed by atoms with Gasteiger partial charge in [0.1, 0.15) is 11.7 Å². The number of hydrogen-bond acceptors (Lipinski definition) is 2. The van der Waals surface area contributed by atoms with E-state index in [1.165, 1.54) is 6.92 Å². The van der Waals surface area contributed by atoms with Crippen LogP contribution in [0.3, 0.4) is 0 Å². The molecule has 0 aliphatic carbocycles. The summed E-state index contributed by atoms with van der Waals surface area (Å²) >= 11 is 0. The molecule has 2 atom stereocenters. The summed E-state index contributed by atoms with van der Waals surface area (Å²) in [5, 5.41) is 17.2. The monoisotopic (exact) mass is 191 g/mol. The Kier molecular flexibility index (Phi) is 2.15. The predicted octanol–water partition coefficient (Wildman–Crippen LogP) is 0.552. The van der Waals surface area contributed by atoms with Crippen molar-refractivity contribution in [3.05, 3.63) is 0 Å². The van der Waals surface area contributed by atoms with E-state index in [0.29, 0.717) is 4.90 Å². The van der Waals surface area contributed by atoms with Gasteiger partial charge in [0, 0.05) is 6.42 Å². The summed E-state index contributed by atoms with van der Waals surface area (Å²) in [6.45, 7) is 0.825. The molecule has 5 nitrogen and oxygen atoms in total. The largest absolute Gasteiger partial charge is 0.480 e. The molecule has 74 valence electrons. The Morgan fingerprint density at radius 3 is 2.38 bits per heavy atom. The molecule has 0 radical (unpaired) electrons. The van der Waals surface area contributed by atoms with E-state index in [1.807, 2.05) is 0 Å². The number of carboxylic acid groups (broad SMARTS) is 2. The molecule has 1 rings (SSSR count). The molecule has 13 heavy (non-hydrogen) atoms. The van der Waals surface area contributed by atoms with E-state index in [-0.39, 0.29) is 13.0 Å². The van der Waals surface area contributed by atoms with Crippen LogP contribution in [-0.2, 0) is 4.79 Å². The van der Waals surface area contributed by atoms with Gasteiger partial charge in [0.25, 0.3) is 0 Å². The first-order chi connectivity index (χ1) is 5.83. The third-order valence-corrected chi connectivity index (χ3v) is 2.03. The van der Waals surface area contributed by atoms with Crippen molar-refractivity contribution in [2.75, 3.05) is 6.54 Å². The number of halogens is 1. The van der Waals surface area contributed by atoms with E-state index in [0.717, 1.165) is 0 Å². The van der Waals surface area contributed by atoms with Gasteiger partial charge in [0.2, 0.25) is 0 Å². The Morgan fingerprint density at radius 1 is 1.54 bits per heavy atom. The molecule has 1 amide bonds. The lowest BCUT2D eigenvalue weighted by Crippen LogP contribution is -2.39. The summed E-state index contributed by atoms with van der Waals surface area (Å²) < 4.78 is 13.3. The van der Waals surface area contributed by atoms with Crippen LogP contribution in [0.4, 0.5) is 9.18 Å². The molecule has 0 aromatic heterocycles. The molecule has 1 aliphatic heterocycles. The van der Waals surface area contributed by atoms with E-state index >= 15 is 0 Å². The highest BCUT2D eigenvalue weighted by Gasteiger charge is 2.46. The van der Waals surface area contributed by atoms with Crippen molar-refractivity contribution in [1.82, 2.24) is 4.90 Å². The second-order valence-corrected chi connectivity index (χ2v) is 3.38. The molecule has 1 unspecified atom stereocenters. The number of aliphatic carboxylic acids is 1. The molecule has 1 aliphatic rings. The minimum Gasteiger partial charge on any atom is -0.480 e. The fourth-order valence-electron chi connectivity index (χ4n) is 1.46. The molecular weight excluding hydrogens is 181 g/mol. The van der Waals surface area contributed by atoms with Gasteiger partial charge in [0.15, 0.2) is 0 Å². The van der Waals surface area contributed by atoms with Crippen molar-refractivity contribution in [2.24, 2.45) is 0 Å². The molecule has 0 aromatic carbocycles. The van der Waals surface area contributed by atoms with Crippen molar-refractivity contribution in [1.29, 1.82) is 0 Å². The molecule has 1 fully saturated rings. The molecule has 6 heteroatoms. The van der Waals surface area contributed by atoms with Crippen LogP contribution in [0.5, 0.6) is 0 Å². The Hall–Kier alpha value is -1.33. The SMILES string of the molecule is C[C@@]1(F)CC(C(=O)O)N(C(=O)O)C1. The lowest BCUT2D eigenvalue weighted by Gasteiger charge is -2.16. The van der Waals surface area contributed by atoms with E-state index in [9.17, 15) is 14.0 Å². The topological polar surface area (TPSA) is 77.8 Å². The predicted molar refractivity (Wildman–Crippen MR) is 40.3 cm³/mol. The van der Waals surface area contributed by atoms with Crippen LogP contribution >= 0.6 is 0 Å². The average molecular weight is 191 g/mol. The van der Waals surface area contributed by atoms with E-state index < -0.39 is 23.8 Å². The number of nitrogens with zero attached hydrogens (tertiary/aromatic N) is 1. The summed E-state index contributed by atoms with van der Waals surface area (Å²) in [7, 11) is 0. The van der Waals surface area contributed by atoms with E-state index in [4.69, 9.17) is 10.2 Å². The Balaban J connectivity index is 2.83. The number of amides is 1. The fraction of sp³-hybridized carbons (Fsp3) is 0.714. The molecule has 0 aromatic rings. The summed E-state index contributed by atoms with van der Waals surface area (Å²) in [6, 6.07) is -1.26. The highest BCUT2D eigenvalue weighted by atomic mass is 19.1. The first kappa shape index (κ1) is 9.76. The third kappa shape index (κ3) is 1.88. The van der Waals surface area contributed by atoms with Crippen LogP contribution in [0.2, 0.25) is 0 Å². The van der Waals surface area contributed by atoms with Gasteiger partial charge in [-0.15, -0.1) is 0 Å². The van der Waals surface area contributed by atoms with Crippen molar-refractivity contribution in [2.45, 2.75) is 25.1 Å². The van der Waals surface area contributed by atoms with Gasteiger partial charge >= 0.3 is 12.1 Å². The van der Waals surface area contributed by atoms with Crippen LogP contribution in [0.1, 0.15) is 13.3 Å². The lowest BCUT2D eigenvalue weighted by atomic mass is 10.1. The average Bonchev–Trinajstić information content (AvgIpc) is 2.26. The molecular formula is C7H10FNO4. The van der Waals surface area contributed by atoms with Gasteiger partial charge in [-0.1, -0.05) is 0 Å². The quantitative estimate of drug-likeness (QED) is 0.634. The zero-order chi connectivity index (χ0) is 10.2. The number of hydrogen-bond donors (Lipinski definition) is 2. The highest BCUT2D eigenvalue weighted by Crippen LogP contribution is 2.30. The maximum absolute atomic E-state index is 13.3. The van der Waals surface area contributed by atoms with E-state index in [1.54, 1.807) is 0 Å². The van der Waals surface area contributed by atoms with Gasteiger partial charge in [-0.05, 0) is 6.92 Å². The zero-order valence-electron chi connectivity index (χ0n) is 7.03. The zero-order valence-corrected chi connectivity index (χ0v) is 7.03. The van der Waals surface area contributed by atoms with Crippen molar-refractivity contribution in [3.63, 3.8) is 0 Å². The standard InChI is InChI=1S/C7H10FNO4/c1-7(8)2-4(5(10)11)9(3-7)6(12)13/h4H,2-3H2,1H3,(H,10,11)(H,12,13)/t4?,7-/m1/s1. The number of alkyl halides is 1. The van der Waals surface area contributed by atoms with Crippen LogP contribution in [-0.4, -0.2) is 45.4 Å². The lowest BCUT2D eigenvalue weighted by molar-refractivity contribution is -0.141. The van der Waals surface area contributed by atoms with Gasteiger partial charge in [-0.25, -0.2) is 14.0 Å². The molecule has 0 bridgehead atoms. The Labute approximate surface area is 73.8 Å². The number of carbonyl (C=O) groups is 2. The number of rotatable bonds is 1. The number of likely N-dealkylation sites (tertiary alicyclic amines) is 1. The normalized spacial score (nSPS) is 33.4. The summed E-state index contributed by atoms with van der Waals surface area (Å²) in [5.41, 5.74) is -1.73. The van der Waals surface area contributed by atoms with Gasteiger partial charge in [0.05, 0.1) is 6.54 Å². The molecule has 2 N–H and O–H groups in total. The van der Waals surface area contributed by atoms with Gasteiger partial charge in [-0.3, -0.25) is 4.90 Å². The fourth-order valence-corrected chi connectivity index (χ4v) is 1.46. The van der Waals surface area contributed by atoms with Crippen LogP contribution < -0.4 is 0 Å². The molecule has 0 saturated carbocycles. The summed E-state index contributed by atoms with van der Waals surface area (Å²) in [5.74, 6) is -1.30. The highest BCUT2D eigenvalue weighted by molar-refractivity contribution is 5.80. The second kappa shape index (κ2) is 2.86. The smallest absolute Gasteiger partial charge is 0.408 e. The molecule has 1 heterocycles. The third-order valence-electron chi connectivity index (χ3n) is 2.03. The van der Waals surface area contributed by atoms with Crippen molar-refractivity contribution >= 4 is 12.1 Å². The van der Waals surface area contributed by atoms with Crippen LogP contribution in [0.15, 0.2) is 0 Å². The Bertz CT molecular complexity index is 229. The van der Waals surface area contributed by atoms with E-state index in [2.05, 4.69) is 0 Å². The minimum atomic E-state index is -1.73. The molecule has 1 saturated heterocycles. The van der Waals surface area contributed by atoms with Crippen molar-refractivity contribution in [3.8, 4) is 0 Å². The minimum absolute atomic E-state index is 0.283. The maximum atomic E-state index is 13.3. The van der Waals surface area contributed by atoms with Crippen LogP contribution in [0.25, 0.3) is 0 Å². The summed E-state index contributed by atoms with van der Waals surface area (Å²) in [4.78, 5) is 21.6. The maximum Gasteiger partial charge on any atom is 0.408 e. The first-order valence-corrected chi connectivity index (χ1v) is 3.75. The first-order valence-electron chi connectivity index (χ1n) is 3.75. The molecule has 0 spiro atoms. The van der Waals surface area contributed by atoms with Crippen LogP contribution in [0, 0.1) is 0 Å².